The fourth-order valence-corrected chi connectivity index (χ4v) is 4.64. The van der Waals surface area contributed by atoms with E-state index in [2.05, 4.69) is 16.9 Å². The zero-order chi connectivity index (χ0) is 21.7. The summed E-state index contributed by atoms with van der Waals surface area (Å²) < 4.78 is 29.1. The van der Waals surface area contributed by atoms with E-state index in [0.717, 1.165) is 28.5 Å². The highest BCUT2D eigenvalue weighted by Crippen LogP contribution is 2.56. The van der Waals surface area contributed by atoms with Crippen LogP contribution < -0.4 is 0 Å². The number of halogens is 2. The van der Waals surface area contributed by atoms with Crippen LogP contribution in [-0.2, 0) is 0 Å². The normalized spacial score (nSPS) is 23.6. The van der Waals surface area contributed by atoms with Gasteiger partial charge >= 0.3 is 0 Å². The lowest BCUT2D eigenvalue weighted by atomic mass is 9.84. The van der Waals surface area contributed by atoms with Crippen molar-refractivity contribution in [2.45, 2.75) is 13.3 Å². The molecule has 0 radical (unpaired) electrons. The van der Waals surface area contributed by atoms with Crippen LogP contribution in [0.5, 0.6) is 0 Å². The Morgan fingerprint density at radius 1 is 1.06 bits per heavy atom. The van der Waals surface area contributed by atoms with Crippen molar-refractivity contribution in [2.75, 3.05) is 0 Å². The van der Waals surface area contributed by atoms with Gasteiger partial charge in [-0.2, -0.15) is 10.5 Å². The van der Waals surface area contributed by atoms with Crippen molar-refractivity contribution >= 4 is 28.6 Å². The molecule has 0 spiro atoms. The minimum atomic E-state index is -0.774. The second-order valence-electron chi connectivity index (χ2n) is 7.54. The number of benzene rings is 1. The van der Waals surface area contributed by atoms with Gasteiger partial charge in [0.15, 0.2) is 0 Å². The van der Waals surface area contributed by atoms with Crippen LogP contribution in [0.4, 0.5) is 8.78 Å². The van der Waals surface area contributed by atoms with Gasteiger partial charge in [0.25, 0.3) is 0 Å². The van der Waals surface area contributed by atoms with Crippen LogP contribution in [0.1, 0.15) is 35.7 Å². The maximum atomic E-state index is 14.9. The molecule has 0 bridgehead atoms. The Labute approximate surface area is 177 Å². The summed E-state index contributed by atoms with van der Waals surface area (Å²) >= 11 is 0. The summed E-state index contributed by atoms with van der Waals surface area (Å²) in [4.78, 5) is 9.10. The Kier molecular flexibility index (Phi) is 4.23. The monoisotopic (exact) mass is 408 g/mol. The fourth-order valence-electron chi connectivity index (χ4n) is 4.64. The van der Waals surface area contributed by atoms with Gasteiger partial charge in [-0.15, -0.1) is 0 Å². The molecule has 4 nitrogen and oxygen atoms in total. The predicted molar refractivity (Wildman–Crippen MR) is 114 cm³/mol. The number of aromatic nitrogens is 1. The summed E-state index contributed by atoms with van der Waals surface area (Å²) in [5, 5.41) is 19.0. The van der Waals surface area contributed by atoms with Crippen LogP contribution in [0, 0.1) is 40.2 Å². The molecule has 6 heteroatoms. The van der Waals surface area contributed by atoms with Gasteiger partial charge in [-0.3, -0.25) is 9.98 Å². The summed E-state index contributed by atoms with van der Waals surface area (Å²) in [6.07, 6.45) is 6.79. The largest absolute Gasteiger partial charge is 0.259 e. The summed E-state index contributed by atoms with van der Waals surface area (Å²) in [5.41, 5.74) is 5.59. The third kappa shape index (κ3) is 2.62. The average Bonchev–Trinajstić information content (AvgIpc) is 3.23. The first-order valence-corrected chi connectivity index (χ1v) is 9.74. The topological polar surface area (TPSA) is 72.8 Å². The first-order chi connectivity index (χ1) is 15.1. The second-order valence-corrected chi connectivity index (χ2v) is 7.54. The van der Waals surface area contributed by atoms with Gasteiger partial charge in [0.1, 0.15) is 11.6 Å². The lowest BCUT2D eigenvalue weighted by Crippen LogP contribution is -2.06. The minimum Gasteiger partial charge on any atom is -0.259 e. The van der Waals surface area contributed by atoms with Gasteiger partial charge in [0, 0.05) is 52.9 Å². The molecule has 1 atom stereocenters. The highest BCUT2D eigenvalue weighted by molar-refractivity contribution is 6.19. The molecule has 5 rings (SSSR count). The number of allylic oxidation sites excluding steroid dienone is 7. The van der Waals surface area contributed by atoms with Crippen LogP contribution in [0.15, 0.2) is 58.8 Å². The van der Waals surface area contributed by atoms with Crippen molar-refractivity contribution in [1.29, 1.82) is 10.5 Å². The molecule has 2 heterocycles. The average molecular weight is 408 g/mol. The van der Waals surface area contributed by atoms with Gasteiger partial charge in [-0.25, -0.2) is 8.78 Å². The summed E-state index contributed by atoms with van der Waals surface area (Å²) in [7, 11) is 0. The summed E-state index contributed by atoms with van der Waals surface area (Å²) in [5.74, 6) is -1.42. The number of fused-ring (bicyclic) bond motifs is 3. The van der Waals surface area contributed by atoms with Crippen molar-refractivity contribution in [3.63, 3.8) is 0 Å². The highest BCUT2D eigenvalue weighted by Gasteiger charge is 2.39. The van der Waals surface area contributed by atoms with E-state index in [1.165, 1.54) is 18.2 Å². The molecule has 1 aromatic carbocycles. The van der Waals surface area contributed by atoms with E-state index in [1.807, 2.05) is 24.4 Å². The molecule has 2 aromatic rings. The number of nitriles is 2. The van der Waals surface area contributed by atoms with Crippen LogP contribution in [-0.4, -0.2) is 11.2 Å². The SMILES string of the molecule is CC1CC=NC2=C1/C(=C1C(=C\C#N)\c3c(F)cc(F)cc3C\1=C/C#N)c1cccnc12. The molecule has 2 aliphatic carbocycles. The Morgan fingerprint density at radius 2 is 1.84 bits per heavy atom. The molecule has 1 aromatic heterocycles. The summed E-state index contributed by atoms with van der Waals surface area (Å²) in [6, 6.07) is 9.69. The molecular weight excluding hydrogens is 394 g/mol. The number of pyridine rings is 1. The van der Waals surface area contributed by atoms with E-state index in [4.69, 9.17) is 0 Å². The molecule has 3 aliphatic rings. The van der Waals surface area contributed by atoms with Crippen molar-refractivity contribution < 1.29 is 8.78 Å². The standard InChI is InChI=1S/C25H14F2N4/c1-13-6-10-31-25-20(13)23(17-3-2-9-30-24(17)25)22-15(4-7-28)18-11-14(26)12-19(27)21(18)16(22)5-8-29/h2-5,9-13H,6H2,1H3/b15-4+,16-5+,23-22-. The Bertz CT molecular complexity index is 1410. The van der Waals surface area contributed by atoms with Crippen molar-refractivity contribution in [1.82, 2.24) is 4.98 Å². The maximum Gasteiger partial charge on any atom is 0.134 e. The minimum absolute atomic E-state index is 0.0983. The second kappa shape index (κ2) is 6.97. The van der Waals surface area contributed by atoms with Gasteiger partial charge < -0.3 is 0 Å². The Hall–Kier alpha value is -4.16. The van der Waals surface area contributed by atoms with Crippen molar-refractivity contribution in [2.24, 2.45) is 10.9 Å². The van der Waals surface area contributed by atoms with Crippen LogP contribution in [0.2, 0.25) is 0 Å². The molecule has 1 aliphatic heterocycles. The van der Waals surface area contributed by atoms with E-state index in [9.17, 15) is 19.3 Å². The Morgan fingerprint density at radius 3 is 2.61 bits per heavy atom. The zero-order valence-corrected chi connectivity index (χ0v) is 16.4. The van der Waals surface area contributed by atoms with Gasteiger partial charge in [0.2, 0.25) is 0 Å². The molecule has 0 fully saturated rings. The molecule has 0 saturated carbocycles. The first kappa shape index (κ1) is 18.8. The number of rotatable bonds is 0. The van der Waals surface area contributed by atoms with Gasteiger partial charge in [-0.1, -0.05) is 13.0 Å². The van der Waals surface area contributed by atoms with E-state index in [0.29, 0.717) is 28.8 Å². The van der Waals surface area contributed by atoms with E-state index < -0.39 is 11.6 Å². The molecule has 0 saturated heterocycles. The number of hydrogen-bond acceptors (Lipinski definition) is 4. The lowest BCUT2D eigenvalue weighted by molar-refractivity contribution is 0.581. The molecule has 0 N–H and O–H groups in total. The molecule has 1 unspecified atom stereocenters. The highest BCUT2D eigenvalue weighted by atomic mass is 19.1. The maximum absolute atomic E-state index is 14.9. The first-order valence-electron chi connectivity index (χ1n) is 9.74. The third-order valence-electron chi connectivity index (χ3n) is 5.82. The van der Waals surface area contributed by atoms with Crippen molar-refractivity contribution in [3.8, 4) is 12.1 Å². The molecule has 31 heavy (non-hydrogen) atoms. The lowest BCUT2D eigenvalue weighted by Gasteiger charge is -2.20. The fraction of sp³-hybridized carbons (Fsp3) is 0.120. The number of nitrogens with zero attached hydrogens (tertiary/aromatic N) is 4. The third-order valence-corrected chi connectivity index (χ3v) is 5.82. The van der Waals surface area contributed by atoms with E-state index >= 15 is 0 Å². The van der Waals surface area contributed by atoms with E-state index in [-0.39, 0.29) is 17.0 Å². The zero-order valence-electron chi connectivity index (χ0n) is 16.4. The van der Waals surface area contributed by atoms with Crippen LogP contribution >= 0.6 is 0 Å². The van der Waals surface area contributed by atoms with E-state index in [1.54, 1.807) is 12.3 Å². The number of hydrogen-bond donors (Lipinski definition) is 0. The predicted octanol–water partition coefficient (Wildman–Crippen LogP) is 5.48. The van der Waals surface area contributed by atoms with Crippen LogP contribution in [0.25, 0.3) is 22.4 Å². The smallest absolute Gasteiger partial charge is 0.134 e. The molecular formula is C25H14F2N4. The molecule has 148 valence electrons. The van der Waals surface area contributed by atoms with Crippen molar-refractivity contribution in [3.05, 3.63) is 87.8 Å². The Balaban J connectivity index is 1.97. The van der Waals surface area contributed by atoms with Gasteiger partial charge in [-0.05, 0) is 46.8 Å². The molecule has 0 amide bonds. The summed E-state index contributed by atoms with van der Waals surface area (Å²) in [6.45, 7) is 2.07. The van der Waals surface area contributed by atoms with Gasteiger partial charge in [0.05, 0.1) is 23.5 Å². The number of aliphatic imine (C=N–C) groups is 1. The van der Waals surface area contributed by atoms with Crippen LogP contribution in [0.3, 0.4) is 0 Å². The quantitative estimate of drug-likeness (QED) is 0.542.